The second kappa shape index (κ2) is 11.3. The normalized spacial score (nSPS) is 11.5. The molecule has 5 nitrogen and oxygen atoms in total. The van der Waals surface area contributed by atoms with Crippen molar-refractivity contribution in [3.05, 3.63) is 60.2 Å². The molecule has 27 heavy (non-hydrogen) atoms. The highest BCUT2D eigenvalue weighted by molar-refractivity contribution is 8.00. The second-order valence-corrected chi connectivity index (χ2v) is 6.99. The van der Waals surface area contributed by atoms with E-state index in [-0.39, 0.29) is 24.3 Å². The molecule has 0 fully saturated rings. The summed E-state index contributed by atoms with van der Waals surface area (Å²) in [5.74, 6) is 0.202. The van der Waals surface area contributed by atoms with Gasteiger partial charge in [0.1, 0.15) is 5.75 Å². The van der Waals surface area contributed by atoms with Crippen molar-refractivity contribution in [3.8, 4) is 5.75 Å². The Morgan fingerprint density at radius 1 is 1.07 bits per heavy atom. The average molecular weight is 388 g/mol. The first kappa shape index (κ1) is 20.8. The molecule has 0 bridgehead atoms. The number of thioether (sulfide) groups is 1. The summed E-state index contributed by atoms with van der Waals surface area (Å²) in [6, 6.07) is 17.1. The molecule has 1 N–H and O–H groups in total. The zero-order valence-electron chi connectivity index (χ0n) is 15.6. The van der Waals surface area contributed by atoms with Gasteiger partial charge in [-0.1, -0.05) is 43.7 Å². The minimum atomic E-state index is -0.419. The van der Waals surface area contributed by atoms with Gasteiger partial charge in [0.25, 0.3) is 5.91 Å². The molecular weight excluding hydrogens is 362 g/mol. The van der Waals surface area contributed by atoms with Crippen molar-refractivity contribution in [2.45, 2.75) is 30.7 Å². The maximum absolute atomic E-state index is 12.1. The molecule has 2 rings (SSSR count). The molecule has 0 saturated carbocycles. The minimum absolute atomic E-state index is 0.0731. The van der Waals surface area contributed by atoms with Crippen molar-refractivity contribution in [1.82, 2.24) is 5.32 Å². The number of carbonyl (C=O) groups excluding carboxylic acids is 2. The molecule has 2 aromatic carbocycles. The molecule has 0 aliphatic rings. The van der Waals surface area contributed by atoms with Crippen LogP contribution in [-0.2, 0) is 14.3 Å². The van der Waals surface area contributed by atoms with Crippen LogP contribution in [0.25, 0.3) is 0 Å². The smallest absolute Gasteiger partial charge is 0.316 e. The number of hydrogen-bond donors (Lipinski definition) is 1. The maximum atomic E-state index is 12.1. The van der Waals surface area contributed by atoms with Gasteiger partial charge >= 0.3 is 5.97 Å². The van der Waals surface area contributed by atoms with Gasteiger partial charge in [-0.15, -0.1) is 11.8 Å². The van der Waals surface area contributed by atoms with Gasteiger partial charge < -0.3 is 14.8 Å². The molecule has 0 unspecified atom stereocenters. The van der Waals surface area contributed by atoms with Gasteiger partial charge in [0, 0.05) is 4.90 Å². The van der Waals surface area contributed by atoms with E-state index in [1.807, 2.05) is 54.6 Å². The molecule has 0 aromatic heterocycles. The lowest BCUT2D eigenvalue weighted by Gasteiger charge is -2.18. The zero-order chi connectivity index (χ0) is 19.5. The van der Waals surface area contributed by atoms with Crippen LogP contribution >= 0.6 is 11.8 Å². The Hall–Kier alpha value is -2.47. The standard InChI is InChI=1S/C21H25NO4S/c1-3-7-19(16-8-5-4-6-9-16)22-20(23)14-26-21(24)15-27-18-12-10-17(25-2)11-13-18/h4-6,8-13,19H,3,7,14-15H2,1-2H3,(H,22,23)/t19-/m0/s1. The monoisotopic (exact) mass is 387 g/mol. The number of amides is 1. The minimum Gasteiger partial charge on any atom is -0.497 e. The lowest BCUT2D eigenvalue weighted by atomic mass is 10.0. The van der Waals surface area contributed by atoms with Gasteiger partial charge in [-0.25, -0.2) is 0 Å². The van der Waals surface area contributed by atoms with E-state index in [1.54, 1.807) is 7.11 Å². The van der Waals surface area contributed by atoms with Gasteiger partial charge in [0.2, 0.25) is 0 Å². The first-order valence-electron chi connectivity index (χ1n) is 8.89. The van der Waals surface area contributed by atoms with Crippen LogP contribution in [0.5, 0.6) is 5.75 Å². The summed E-state index contributed by atoms with van der Waals surface area (Å²) in [6.07, 6.45) is 1.77. The van der Waals surface area contributed by atoms with Gasteiger partial charge in [-0.05, 0) is 36.2 Å². The number of benzene rings is 2. The Bertz CT molecular complexity index is 719. The highest BCUT2D eigenvalue weighted by Gasteiger charge is 2.15. The lowest BCUT2D eigenvalue weighted by Crippen LogP contribution is -2.32. The van der Waals surface area contributed by atoms with Crippen LogP contribution in [0.3, 0.4) is 0 Å². The second-order valence-electron chi connectivity index (χ2n) is 5.94. The summed E-state index contributed by atoms with van der Waals surface area (Å²) in [5, 5.41) is 2.94. The van der Waals surface area contributed by atoms with Gasteiger partial charge in [-0.3, -0.25) is 9.59 Å². The van der Waals surface area contributed by atoms with Crippen molar-refractivity contribution in [2.75, 3.05) is 19.5 Å². The SMILES string of the molecule is CCC[C@H](NC(=O)COC(=O)CSc1ccc(OC)cc1)c1ccccc1. The van der Waals surface area contributed by atoms with E-state index >= 15 is 0 Å². The third kappa shape index (κ3) is 7.35. The predicted molar refractivity (Wildman–Crippen MR) is 107 cm³/mol. The van der Waals surface area contributed by atoms with Crippen molar-refractivity contribution in [1.29, 1.82) is 0 Å². The van der Waals surface area contributed by atoms with E-state index in [0.29, 0.717) is 0 Å². The number of ether oxygens (including phenoxy) is 2. The fraction of sp³-hybridized carbons (Fsp3) is 0.333. The third-order valence-corrected chi connectivity index (χ3v) is 4.88. The molecule has 0 heterocycles. The Balaban J connectivity index is 1.75. The van der Waals surface area contributed by atoms with E-state index in [0.717, 1.165) is 29.1 Å². The van der Waals surface area contributed by atoms with E-state index < -0.39 is 5.97 Å². The number of esters is 1. The molecule has 0 spiro atoms. The fourth-order valence-corrected chi connectivity index (χ4v) is 3.23. The quantitative estimate of drug-likeness (QED) is 0.493. The summed E-state index contributed by atoms with van der Waals surface area (Å²) < 4.78 is 10.2. The van der Waals surface area contributed by atoms with Crippen molar-refractivity contribution < 1.29 is 19.1 Å². The summed E-state index contributed by atoms with van der Waals surface area (Å²) in [6.45, 7) is 1.80. The number of rotatable bonds is 10. The van der Waals surface area contributed by atoms with Crippen LogP contribution in [-0.4, -0.2) is 31.3 Å². The highest BCUT2D eigenvalue weighted by atomic mass is 32.2. The van der Waals surface area contributed by atoms with Crippen molar-refractivity contribution >= 4 is 23.6 Å². The molecule has 0 aliphatic heterocycles. The van der Waals surface area contributed by atoms with Gasteiger partial charge in [-0.2, -0.15) is 0 Å². The van der Waals surface area contributed by atoms with E-state index in [1.165, 1.54) is 11.8 Å². The summed E-state index contributed by atoms with van der Waals surface area (Å²) in [7, 11) is 1.60. The number of hydrogen-bond acceptors (Lipinski definition) is 5. The molecule has 1 amide bonds. The van der Waals surface area contributed by atoms with Crippen LogP contribution in [0.1, 0.15) is 31.4 Å². The Morgan fingerprint density at radius 2 is 1.78 bits per heavy atom. The highest BCUT2D eigenvalue weighted by Crippen LogP contribution is 2.21. The molecule has 2 aromatic rings. The van der Waals surface area contributed by atoms with Crippen molar-refractivity contribution in [2.24, 2.45) is 0 Å². The predicted octanol–water partition coefficient (Wildman–Crippen LogP) is 3.99. The first-order chi connectivity index (χ1) is 13.1. The van der Waals surface area contributed by atoms with Gasteiger partial charge in [0.15, 0.2) is 6.61 Å². The van der Waals surface area contributed by atoms with Crippen LogP contribution in [0, 0.1) is 0 Å². The largest absolute Gasteiger partial charge is 0.497 e. The molecule has 0 aliphatic carbocycles. The Morgan fingerprint density at radius 3 is 2.41 bits per heavy atom. The zero-order valence-corrected chi connectivity index (χ0v) is 16.5. The van der Waals surface area contributed by atoms with Crippen LogP contribution in [0.15, 0.2) is 59.5 Å². The molecule has 0 radical (unpaired) electrons. The van der Waals surface area contributed by atoms with Crippen molar-refractivity contribution in [3.63, 3.8) is 0 Å². The van der Waals surface area contributed by atoms with Crippen LogP contribution in [0.4, 0.5) is 0 Å². The fourth-order valence-electron chi connectivity index (χ4n) is 2.53. The van der Waals surface area contributed by atoms with Crippen LogP contribution < -0.4 is 10.1 Å². The average Bonchev–Trinajstić information content (AvgIpc) is 2.71. The van der Waals surface area contributed by atoms with Crippen LogP contribution in [0.2, 0.25) is 0 Å². The van der Waals surface area contributed by atoms with E-state index in [2.05, 4.69) is 12.2 Å². The summed E-state index contributed by atoms with van der Waals surface area (Å²) in [5.41, 5.74) is 1.05. The molecule has 144 valence electrons. The third-order valence-electron chi connectivity index (χ3n) is 3.89. The summed E-state index contributed by atoms with van der Waals surface area (Å²) in [4.78, 5) is 25.0. The Kier molecular flexibility index (Phi) is 8.71. The van der Waals surface area contributed by atoms with Gasteiger partial charge in [0.05, 0.1) is 18.9 Å². The number of methoxy groups -OCH3 is 1. The molecular formula is C21H25NO4S. The first-order valence-corrected chi connectivity index (χ1v) is 9.87. The Labute approximate surface area is 164 Å². The summed E-state index contributed by atoms with van der Waals surface area (Å²) >= 11 is 1.36. The molecule has 0 saturated heterocycles. The number of nitrogens with one attached hydrogen (secondary N) is 1. The molecule has 1 atom stereocenters. The maximum Gasteiger partial charge on any atom is 0.316 e. The van der Waals surface area contributed by atoms with E-state index in [4.69, 9.17) is 9.47 Å². The van der Waals surface area contributed by atoms with E-state index in [9.17, 15) is 9.59 Å². The topological polar surface area (TPSA) is 64.6 Å². The number of carbonyl (C=O) groups is 2. The molecule has 6 heteroatoms. The lowest BCUT2D eigenvalue weighted by molar-refractivity contribution is -0.146.